The van der Waals surface area contributed by atoms with E-state index in [1.807, 2.05) is 0 Å². The Bertz CT molecular complexity index is 1010. The van der Waals surface area contributed by atoms with E-state index in [-0.39, 0.29) is 29.6 Å². The summed E-state index contributed by atoms with van der Waals surface area (Å²) in [5.41, 5.74) is 5.79. The van der Waals surface area contributed by atoms with Crippen molar-refractivity contribution in [3.8, 4) is 0 Å². The van der Waals surface area contributed by atoms with Crippen LogP contribution in [0.2, 0.25) is 0 Å². The molecule has 0 amide bonds. The van der Waals surface area contributed by atoms with Crippen molar-refractivity contribution < 1.29 is 19.4 Å². The zero-order chi connectivity index (χ0) is 20.6. The first-order valence-electron chi connectivity index (χ1n) is 7.80. The van der Waals surface area contributed by atoms with Crippen molar-refractivity contribution in [3.63, 3.8) is 0 Å². The van der Waals surface area contributed by atoms with E-state index in [2.05, 4.69) is 19.9 Å². The second-order valence-corrected chi connectivity index (χ2v) is 8.35. The van der Waals surface area contributed by atoms with Crippen molar-refractivity contribution >= 4 is 27.7 Å². The smallest absolute Gasteiger partial charge is 0.310 e. The van der Waals surface area contributed by atoms with Gasteiger partial charge in [0, 0.05) is 24.3 Å². The highest BCUT2D eigenvalue weighted by atomic mass is 32.5. The van der Waals surface area contributed by atoms with Gasteiger partial charge in [-0.1, -0.05) is 19.4 Å². The Morgan fingerprint density at radius 2 is 1.64 bits per heavy atom. The van der Waals surface area contributed by atoms with Gasteiger partial charge < -0.3 is 10.6 Å². The fourth-order valence-electron chi connectivity index (χ4n) is 2.53. The third-order valence-electron chi connectivity index (χ3n) is 3.76. The molecule has 150 valence electrons. The van der Waals surface area contributed by atoms with E-state index < -0.39 is 15.1 Å². The molecule has 2 aromatic heterocycles. The molecule has 0 aliphatic heterocycles. The highest BCUT2D eigenvalue weighted by Gasteiger charge is 2.65. The normalized spacial score (nSPS) is 14.2. The maximum atomic E-state index is 13.1. The SMILES string of the molecule is Cc1cc(S(F)(F)(F)(F)F)ccc1N(Cc1ncccn1)c1ccnc(N)n1. The second kappa shape index (κ2) is 5.99. The molecule has 0 aliphatic rings. The quantitative estimate of drug-likeness (QED) is 0.577. The van der Waals surface area contributed by atoms with Crippen LogP contribution in [0.1, 0.15) is 11.4 Å². The molecule has 28 heavy (non-hydrogen) atoms. The summed E-state index contributed by atoms with van der Waals surface area (Å²) in [4.78, 5) is 15.5. The molecule has 0 saturated heterocycles. The van der Waals surface area contributed by atoms with Crippen molar-refractivity contribution in [1.82, 2.24) is 19.9 Å². The van der Waals surface area contributed by atoms with Crippen molar-refractivity contribution in [2.24, 2.45) is 0 Å². The summed E-state index contributed by atoms with van der Waals surface area (Å²) in [5.74, 6) is 0.539. The molecule has 0 radical (unpaired) electrons. The summed E-state index contributed by atoms with van der Waals surface area (Å²) in [6, 6.07) is 4.82. The Balaban J connectivity index is 2.11. The Labute approximate surface area is 157 Å². The number of aryl methyl sites for hydroxylation is 1. The molecule has 6 nitrogen and oxygen atoms in total. The molecule has 0 bridgehead atoms. The van der Waals surface area contributed by atoms with Gasteiger partial charge in [0.2, 0.25) is 5.95 Å². The number of hydrogen-bond acceptors (Lipinski definition) is 6. The van der Waals surface area contributed by atoms with E-state index in [0.717, 1.165) is 6.07 Å². The molecular formula is C16H15F5N6S. The van der Waals surface area contributed by atoms with E-state index in [9.17, 15) is 19.4 Å². The van der Waals surface area contributed by atoms with Gasteiger partial charge in [-0.05, 0) is 42.8 Å². The number of benzene rings is 1. The van der Waals surface area contributed by atoms with E-state index in [0.29, 0.717) is 18.0 Å². The zero-order valence-corrected chi connectivity index (χ0v) is 15.3. The first-order chi connectivity index (χ1) is 12.8. The zero-order valence-electron chi connectivity index (χ0n) is 14.4. The van der Waals surface area contributed by atoms with Crippen LogP contribution >= 0.6 is 10.2 Å². The molecule has 0 atom stereocenters. The number of nitrogen functional groups attached to an aromatic ring is 1. The molecule has 0 fully saturated rings. The predicted molar refractivity (Wildman–Crippen MR) is 96.9 cm³/mol. The minimum Gasteiger partial charge on any atom is -0.368 e. The number of aromatic nitrogens is 4. The van der Waals surface area contributed by atoms with Crippen LogP contribution in [0.15, 0.2) is 53.8 Å². The summed E-state index contributed by atoms with van der Waals surface area (Å²) in [6.07, 6.45) is 4.37. The van der Waals surface area contributed by atoms with Gasteiger partial charge in [0.05, 0.1) is 6.54 Å². The average Bonchev–Trinajstić information content (AvgIpc) is 2.59. The molecular weight excluding hydrogens is 403 g/mol. The topological polar surface area (TPSA) is 80.8 Å². The van der Waals surface area contributed by atoms with Crippen LogP contribution in [0.3, 0.4) is 0 Å². The molecule has 0 aliphatic carbocycles. The third-order valence-corrected chi connectivity index (χ3v) is 4.90. The van der Waals surface area contributed by atoms with Gasteiger partial charge in [0.15, 0.2) is 0 Å². The van der Waals surface area contributed by atoms with Gasteiger partial charge in [-0.15, -0.1) is 0 Å². The van der Waals surface area contributed by atoms with Crippen molar-refractivity contribution in [3.05, 3.63) is 60.3 Å². The lowest BCUT2D eigenvalue weighted by Gasteiger charge is -2.41. The van der Waals surface area contributed by atoms with Crippen LogP contribution in [0.5, 0.6) is 0 Å². The summed E-state index contributed by atoms with van der Waals surface area (Å²) >= 11 is 0. The summed E-state index contributed by atoms with van der Waals surface area (Å²) in [6.45, 7) is 1.32. The minimum atomic E-state index is -9.79. The Morgan fingerprint density at radius 3 is 2.21 bits per heavy atom. The first kappa shape index (κ1) is 19.7. The van der Waals surface area contributed by atoms with E-state index in [4.69, 9.17) is 5.73 Å². The molecule has 1 aromatic carbocycles. The summed E-state index contributed by atoms with van der Waals surface area (Å²) < 4.78 is 65.6. The van der Waals surface area contributed by atoms with Gasteiger partial charge >= 0.3 is 10.2 Å². The lowest BCUT2D eigenvalue weighted by atomic mass is 10.1. The highest BCUT2D eigenvalue weighted by molar-refractivity contribution is 8.45. The molecule has 3 rings (SSSR count). The lowest BCUT2D eigenvalue weighted by Crippen LogP contribution is -2.21. The molecule has 2 N–H and O–H groups in total. The number of rotatable bonds is 5. The maximum Gasteiger partial charge on any atom is 0.310 e. The molecule has 12 heteroatoms. The molecule has 2 heterocycles. The molecule has 0 spiro atoms. The predicted octanol–water partition coefficient (Wildman–Crippen LogP) is 5.15. The van der Waals surface area contributed by atoms with E-state index in [1.165, 1.54) is 36.5 Å². The number of nitrogens with two attached hydrogens (primary N) is 1. The van der Waals surface area contributed by atoms with Gasteiger partial charge in [0.25, 0.3) is 0 Å². The fourth-order valence-corrected chi connectivity index (χ4v) is 3.25. The van der Waals surface area contributed by atoms with Crippen molar-refractivity contribution in [2.75, 3.05) is 10.6 Å². The van der Waals surface area contributed by atoms with Crippen LogP contribution in [0.25, 0.3) is 0 Å². The van der Waals surface area contributed by atoms with Gasteiger partial charge in [0.1, 0.15) is 16.5 Å². The molecule has 0 saturated carbocycles. The summed E-state index contributed by atoms with van der Waals surface area (Å²) in [7, 11) is -9.79. The standard InChI is InChI=1S/C16H15F5N6S/c1-11-9-12(28(17,18,19,20)21)3-4-13(11)27(10-14-23-6-2-7-24-14)15-5-8-25-16(22)26-15/h2-9H,10H2,1H3,(H2,22,25,26). The van der Waals surface area contributed by atoms with Crippen LogP contribution < -0.4 is 10.6 Å². The summed E-state index contributed by atoms with van der Waals surface area (Å²) in [5, 5.41) is 0. The molecule has 3 aromatic rings. The first-order valence-corrected chi connectivity index (χ1v) is 9.75. The monoisotopic (exact) mass is 418 g/mol. The van der Waals surface area contributed by atoms with Crippen molar-refractivity contribution in [1.29, 1.82) is 0 Å². The minimum absolute atomic E-state index is 0.0217. The van der Waals surface area contributed by atoms with Crippen LogP contribution in [-0.4, -0.2) is 19.9 Å². The van der Waals surface area contributed by atoms with Crippen LogP contribution in [0.4, 0.5) is 36.9 Å². The molecule has 0 unspecified atom stereocenters. The van der Waals surface area contributed by atoms with Gasteiger partial charge in [-0.3, -0.25) is 0 Å². The van der Waals surface area contributed by atoms with E-state index >= 15 is 0 Å². The Kier molecular flexibility index (Phi) is 4.22. The fraction of sp³-hybridized carbons (Fsp3) is 0.125. The van der Waals surface area contributed by atoms with E-state index in [1.54, 1.807) is 6.07 Å². The van der Waals surface area contributed by atoms with Gasteiger partial charge in [-0.2, -0.15) is 4.98 Å². The number of nitrogens with zero attached hydrogens (tertiary/aromatic N) is 5. The van der Waals surface area contributed by atoms with Gasteiger partial charge in [-0.25, -0.2) is 15.0 Å². The van der Waals surface area contributed by atoms with Crippen LogP contribution in [0, 0.1) is 6.92 Å². The maximum absolute atomic E-state index is 13.1. The second-order valence-electron chi connectivity index (χ2n) is 5.94. The Hall–Kier alpha value is -3.02. The highest BCUT2D eigenvalue weighted by Crippen LogP contribution is 3.02. The number of hydrogen-bond donors (Lipinski definition) is 1. The van der Waals surface area contributed by atoms with Crippen LogP contribution in [-0.2, 0) is 6.54 Å². The average molecular weight is 418 g/mol. The third kappa shape index (κ3) is 4.44. The largest absolute Gasteiger partial charge is 0.368 e. The number of halogens is 5. The van der Waals surface area contributed by atoms with Crippen molar-refractivity contribution in [2.45, 2.75) is 18.4 Å². The Morgan fingerprint density at radius 1 is 0.964 bits per heavy atom. The number of anilines is 3. The lowest BCUT2D eigenvalue weighted by molar-refractivity contribution is 0.364.